The van der Waals surface area contributed by atoms with Crippen LogP contribution in [0.15, 0.2) is 12.1 Å². The Morgan fingerprint density at radius 3 is 2.75 bits per heavy atom. The van der Waals surface area contributed by atoms with Crippen molar-refractivity contribution in [1.82, 2.24) is 4.98 Å². The summed E-state index contributed by atoms with van der Waals surface area (Å²) in [5.41, 5.74) is 1.90. The summed E-state index contributed by atoms with van der Waals surface area (Å²) in [6, 6.07) is 3.47. The monoisotopic (exact) mass is 165 g/mol. The molecule has 0 spiro atoms. The number of pyridine rings is 1. The molecule has 1 rings (SSSR count). The molecule has 0 saturated carbocycles. The quantitative estimate of drug-likeness (QED) is 0.724. The summed E-state index contributed by atoms with van der Waals surface area (Å²) >= 11 is 0. The summed E-state index contributed by atoms with van der Waals surface area (Å²) in [5, 5.41) is 8.67. The zero-order valence-corrected chi connectivity index (χ0v) is 7.16. The first-order valence-electron chi connectivity index (χ1n) is 3.84. The molecule has 0 atom stereocenters. The third-order valence-corrected chi connectivity index (χ3v) is 1.60. The molecule has 0 aliphatic rings. The average molecular weight is 165 g/mol. The van der Waals surface area contributed by atoms with Crippen LogP contribution in [0.25, 0.3) is 0 Å². The Balaban J connectivity index is 3.15. The first-order chi connectivity index (χ1) is 5.63. The van der Waals surface area contributed by atoms with Crippen LogP contribution in [0.3, 0.4) is 0 Å². The lowest BCUT2D eigenvalue weighted by atomic mass is 10.2. The smallest absolute Gasteiger partial charge is 0.354 e. The van der Waals surface area contributed by atoms with Gasteiger partial charge in [-0.3, -0.25) is 0 Å². The number of aryl methyl sites for hydroxylation is 2. The first-order valence-corrected chi connectivity index (χ1v) is 3.84. The van der Waals surface area contributed by atoms with Crippen molar-refractivity contribution in [2.45, 2.75) is 20.3 Å². The molecule has 0 bridgehead atoms. The second kappa shape index (κ2) is 3.34. The standard InChI is InChI=1S/C9H11NO2/c1-3-7-4-6(2)5-8(10-7)9(11)12/h4-5H,3H2,1-2H3,(H,11,12). The van der Waals surface area contributed by atoms with Crippen molar-refractivity contribution in [2.75, 3.05) is 0 Å². The van der Waals surface area contributed by atoms with E-state index in [2.05, 4.69) is 4.98 Å². The Labute approximate surface area is 71.1 Å². The van der Waals surface area contributed by atoms with Crippen molar-refractivity contribution in [3.63, 3.8) is 0 Å². The Kier molecular flexibility index (Phi) is 2.43. The van der Waals surface area contributed by atoms with E-state index in [0.29, 0.717) is 0 Å². The van der Waals surface area contributed by atoms with E-state index < -0.39 is 5.97 Å². The Morgan fingerprint density at radius 1 is 1.58 bits per heavy atom. The molecule has 3 nitrogen and oxygen atoms in total. The van der Waals surface area contributed by atoms with Crippen molar-refractivity contribution in [2.24, 2.45) is 0 Å². The normalized spacial score (nSPS) is 9.83. The zero-order chi connectivity index (χ0) is 9.14. The van der Waals surface area contributed by atoms with Crippen LogP contribution >= 0.6 is 0 Å². The summed E-state index contributed by atoms with van der Waals surface area (Å²) in [7, 11) is 0. The van der Waals surface area contributed by atoms with E-state index >= 15 is 0 Å². The van der Waals surface area contributed by atoms with Crippen LogP contribution in [-0.2, 0) is 6.42 Å². The fourth-order valence-corrected chi connectivity index (χ4v) is 1.03. The van der Waals surface area contributed by atoms with Crippen molar-refractivity contribution in [3.8, 4) is 0 Å². The third kappa shape index (κ3) is 1.81. The molecular formula is C9H11NO2. The van der Waals surface area contributed by atoms with Gasteiger partial charge in [0.25, 0.3) is 0 Å². The van der Waals surface area contributed by atoms with E-state index in [-0.39, 0.29) is 5.69 Å². The van der Waals surface area contributed by atoms with Crippen LogP contribution in [0.4, 0.5) is 0 Å². The van der Waals surface area contributed by atoms with E-state index in [0.717, 1.165) is 17.7 Å². The van der Waals surface area contributed by atoms with Crippen LogP contribution in [0.1, 0.15) is 28.7 Å². The molecule has 0 fully saturated rings. The Hall–Kier alpha value is -1.38. The number of hydrogen-bond acceptors (Lipinski definition) is 2. The van der Waals surface area contributed by atoms with Crippen molar-refractivity contribution >= 4 is 5.97 Å². The molecule has 0 aromatic carbocycles. The number of aromatic nitrogens is 1. The molecule has 0 aliphatic heterocycles. The predicted molar refractivity (Wildman–Crippen MR) is 45.3 cm³/mol. The van der Waals surface area contributed by atoms with Crippen LogP contribution in [-0.4, -0.2) is 16.1 Å². The van der Waals surface area contributed by atoms with E-state index in [1.54, 1.807) is 6.07 Å². The topological polar surface area (TPSA) is 50.2 Å². The average Bonchev–Trinajstić information content (AvgIpc) is 2.03. The first kappa shape index (κ1) is 8.71. The highest BCUT2D eigenvalue weighted by Crippen LogP contribution is 2.05. The molecule has 3 heteroatoms. The van der Waals surface area contributed by atoms with Crippen LogP contribution in [0, 0.1) is 6.92 Å². The minimum Gasteiger partial charge on any atom is -0.477 e. The van der Waals surface area contributed by atoms with Gasteiger partial charge < -0.3 is 5.11 Å². The van der Waals surface area contributed by atoms with E-state index in [1.165, 1.54) is 0 Å². The second-order valence-corrected chi connectivity index (χ2v) is 2.68. The van der Waals surface area contributed by atoms with E-state index in [1.807, 2.05) is 19.9 Å². The van der Waals surface area contributed by atoms with Crippen LogP contribution < -0.4 is 0 Å². The molecule has 1 aromatic heterocycles. The van der Waals surface area contributed by atoms with Gasteiger partial charge in [0.05, 0.1) is 0 Å². The highest BCUT2D eigenvalue weighted by atomic mass is 16.4. The molecule has 1 N–H and O–H groups in total. The minimum atomic E-state index is -0.964. The summed E-state index contributed by atoms with van der Waals surface area (Å²) in [6.45, 7) is 3.82. The summed E-state index contributed by atoms with van der Waals surface area (Å²) in [4.78, 5) is 14.5. The van der Waals surface area contributed by atoms with E-state index in [9.17, 15) is 4.79 Å². The zero-order valence-electron chi connectivity index (χ0n) is 7.16. The van der Waals surface area contributed by atoms with Crippen molar-refractivity contribution in [3.05, 3.63) is 29.1 Å². The molecule has 64 valence electrons. The maximum Gasteiger partial charge on any atom is 0.354 e. The lowest BCUT2D eigenvalue weighted by Crippen LogP contribution is -2.03. The van der Waals surface area contributed by atoms with Gasteiger partial charge in [-0.2, -0.15) is 0 Å². The fraction of sp³-hybridized carbons (Fsp3) is 0.333. The number of carboxylic acids is 1. The number of carbonyl (C=O) groups is 1. The number of carboxylic acid groups (broad SMARTS) is 1. The van der Waals surface area contributed by atoms with Gasteiger partial charge in [0.1, 0.15) is 5.69 Å². The van der Waals surface area contributed by atoms with Gasteiger partial charge in [-0.1, -0.05) is 6.92 Å². The molecule has 1 heterocycles. The highest BCUT2D eigenvalue weighted by Gasteiger charge is 2.05. The van der Waals surface area contributed by atoms with E-state index in [4.69, 9.17) is 5.11 Å². The summed E-state index contributed by atoms with van der Waals surface area (Å²) in [6.07, 6.45) is 0.766. The molecule has 1 aromatic rings. The van der Waals surface area contributed by atoms with Gasteiger partial charge in [0, 0.05) is 5.69 Å². The fourth-order valence-electron chi connectivity index (χ4n) is 1.03. The summed E-state index contributed by atoms with van der Waals surface area (Å²) < 4.78 is 0. The lowest BCUT2D eigenvalue weighted by molar-refractivity contribution is 0.0690. The highest BCUT2D eigenvalue weighted by molar-refractivity contribution is 5.85. The minimum absolute atomic E-state index is 0.131. The molecule has 0 radical (unpaired) electrons. The van der Waals surface area contributed by atoms with Gasteiger partial charge in [-0.05, 0) is 31.0 Å². The maximum atomic E-state index is 10.6. The van der Waals surface area contributed by atoms with Crippen molar-refractivity contribution in [1.29, 1.82) is 0 Å². The molecule has 0 unspecified atom stereocenters. The second-order valence-electron chi connectivity index (χ2n) is 2.68. The molecular weight excluding hydrogens is 154 g/mol. The largest absolute Gasteiger partial charge is 0.477 e. The number of rotatable bonds is 2. The van der Waals surface area contributed by atoms with Gasteiger partial charge >= 0.3 is 5.97 Å². The summed E-state index contributed by atoms with van der Waals surface area (Å²) in [5.74, 6) is -0.964. The van der Waals surface area contributed by atoms with Crippen LogP contribution in [0.5, 0.6) is 0 Å². The molecule has 0 saturated heterocycles. The number of aromatic carboxylic acids is 1. The Morgan fingerprint density at radius 2 is 2.25 bits per heavy atom. The van der Waals surface area contributed by atoms with Gasteiger partial charge in [-0.25, -0.2) is 9.78 Å². The number of hydrogen-bond donors (Lipinski definition) is 1. The molecule has 0 amide bonds. The Bertz CT molecular complexity index is 307. The third-order valence-electron chi connectivity index (χ3n) is 1.60. The van der Waals surface area contributed by atoms with Crippen molar-refractivity contribution < 1.29 is 9.90 Å². The molecule has 12 heavy (non-hydrogen) atoms. The van der Waals surface area contributed by atoms with Gasteiger partial charge in [-0.15, -0.1) is 0 Å². The van der Waals surface area contributed by atoms with Gasteiger partial charge in [0.2, 0.25) is 0 Å². The predicted octanol–water partition coefficient (Wildman–Crippen LogP) is 1.65. The lowest BCUT2D eigenvalue weighted by Gasteiger charge is -2.00. The number of nitrogens with zero attached hydrogens (tertiary/aromatic N) is 1. The maximum absolute atomic E-state index is 10.6. The molecule has 0 aliphatic carbocycles. The van der Waals surface area contributed by atoms with Crippen LogP contribution in [0.2, 0.25) is 0 Å². The SMILES string of the molecule is CCc1cc(C)cc(C(=O)O)n1. The van der Waals surface area contributed by atoms with Gasteiger partial charge in [0.15, 0.2) is 0 Å².